The highest BCUT2D eigenvalue weighted by molar-refractivity contribution is 7.99. The van der Waals surface area contributed by atoms with E-state index in [2.05, 4.69) is 5.32 Å². The van der Waals surface area contributed by atoms with Crippen LogP contribution in [-0.2, 0) is 9.53 Å². The number of para-hydroxylation sites is 1. The Morgan fingerprint density at radius 2 is 1.59 bits per heavy atom. The van der Waals surface area contributed by atoms with E-state index in [-0.39, 0.29) is 16.7 Å². The minimum Gasteiger partial charge on any atom is -0.452 e. The number of hydrogen-bond acceptors (Lipinski definition) is 6. The van der Waals surface area contributed by atoms with Crippen LogP contribution in [0.15, 0.2) is 82.6 Å². The fourth-order valence-corrected chi connectivity index (χ4v) is 4.09. The molecule has 3 aromatic rings. The fraction of sp³-hybridized carbons (Fsp3) is 0.0833. The van der Waals surface area contributed by atoms with Crippen LogP contribution >= 0.6 is 11.8 Å². The van der Waals surface area contributed by atoms with Gasteiger partial charge in [0.25, 0.3) is 17.7 Å². The standard InChI is InChI=1S/C24H18N2O5S/c1-26-22(28)17-12-11-15(13-18(17)23(26)29)24(30)31-14-21(27)25-19-9-5-6-10-20(19)32-16-7-3-2-4-8-16/h2-13H,14H2,1H3,(H,25,27). The summed E-state index contributed by atoms with van der Waals surface area (Å²) in [6.07, 6.45) is 0. The molecule has 1 N–H and O–H groups in total. The SMILES string of the molecule is CN1C(=O)c2ccc(C(=O)OCC(=O)Nc3ccccc3Sc3ccccc3)cc2C1=O. The quantitative estimate of drug-likeness (QED) is 0.457. The number of fused-ring (bicyclic) bond motifs is 1. The number of amides is 3. The van der Waals surface area contributed by atoms with Crippen molar-refractivity contribution in [2.24, 2.45) is 0 Å². The molecular weight excluding hydrogens is 428 g/mol. The number of anilines is 1. The van der Waals surface area contributed by atoms with Crippen LogP contribution in [0.3, 0.4) is 0 Å². The molecule has 1 heterocycles. The lowest BCUT2D eigenvalue weighted by atomic mass is 10.1. The highest BCUT2D eigenvalue weighted by atomic mass is 32.2. The Labute approximate surface area is 188 Å². The average Bonchev–Trinajstić information content (AvgIpc) is 3.03. The molecule has 1 aliphatic heterocycles. The van der Waals surface area contributed by atoms with E-state index in [0.717, 1.165) is 14.7 Å². The van der Waals surface area contributed by atoms with Crippen molar-refractivity contribution in [1.29, 1.82) is 0 Å². The minimum atomic E-state index is -0.760. The summed E-state index contributed by atoms with van der Waals surface area (Å²) in [7, 11) is 1.38. The van der Waals surface area contributed by atoms with Gasteiger partial charge in [0.1, 0.15) is 0 Å². The van der Waals surface area contributed by atoms with Crippen LogP contribution in [0.25, 0.3) is 0 Å². The first-order chi connectivity index (χ1) is 15.4. The van der Waals surface area contributed by atoms with E-state index in [4.69, 9.17) is 4.74 Å². The van der Waals surface area contributed by atoms with E-state index < -0.39 is 30.3 Å². The molecule has 0 spiro atoms. The van der Waals surface area contributed by atoms with Crippen LogP contribution in [0.5, 0.6) is 0 Å². The van der Waals surface area contributed by atoms with Crippen molar-refractivity contribution in [3.8, 4) is 0 Å². The molecule has 3 amide bonds. The molecule has 0 atom stereocenters. The first-order valence-electron chi connectivity index (χ1n) is 9.69. The summed E-state index contributed by atoms with van der Waals surface area (Å²) in [5, 5.41) is 2.76. The molecule has 0 saturated heterocycles. The largest absolute Gasteiger partial charge is 0.452 e. The second-order valence-electron chi connectivity index (χ2n) is 6.97. The second-order valence-corrected chi connectivity index (χ2v) is 8.08. The number of carbonyl (C=O) groups is 4. The van der Waals surface area contributed by atoms with Gasteiger partial charge in [0.2, 0.25) is 0 Å². The van der Waals surface area contributed by atoms with Crippen molar-refractivity contribution in [3.63, 3.8) is 0 Å². The molecule has 1 aliphatic rings. The third-order valence-corrected chi connectivity index (χ3v) is 5.88. The fourth-order valence-electron chi connectivity index (χ4n) is 3.16. The van der Waals surface area contributed by atoms with Gasteiger partial charge in [-0.25, -0.2) is 4.79 Å². The van der Waals surface area contributed by atoms with Crippen LogP contribution in [0, 0.1) is 0 Å². The van der Waals surface area contributed by atoms with Crippen molar-refractivity contribution in [1.82, 2.24) is 4.90 Å². The molecule has 32 heavy (non-hydrogen) atoms. The van der Waals surface area contributed by atoms with Gasteiger partial charge in [-0.15, -0.1) is 0 Å². The number of esters is 1. The normalized spacial score (nSPS) is 12.5. The van der Waals surface area contributed by atoms with E-state index in [1.165, 1.54) is 37.0 Å². The van der Waals surface area contributed by atoms with Gasteiger partial charge >= 0.3 is 5.97 Å². The predicted molar refractivity (Wildman–Crippen MR) is 119 cm³/mol. The van der Waals surface area contributed by atoms with Crippen molar-refractivity contribution >= 4 is 41.1 Å². The number of nitrogens with one attached hydrogen (secondary N) is 1. The maximum absolute atomic E-state index is 12.4. The summed E-state index contributed by atoms with van der Waals surface area (Å²) in [6, 6.07) is 21.2. The second kappa shape index (κ2) is 9.07. The maximum atomic E-state index is 12.4. The highest BCUT2D eigenvalue weighted by Gasteiger charge is 2.33. The van der Waals surface area contributed by atoms with Gasteiger partial charge in [0.05, 0.1) is 22.4 Å². The average molecular weight is 446 g/mol. The van der Waals surface area contributed by atoms with Crippen LogP contribution < -0.4 is 5.32 Å². The molecule has 160 valence electrons. The summed E-state index contributed by atoms with van der Waals surface area (Å²) in [4.78, 5) is 51.7. The lowest BCUT2D eigenvalue weighted by Crippen LogP contribution is -2.24. The molecule has 3 aromatic carbocycles. The van der Waals surface area contributed by atoms with Gasteiger partial charge in [-0.05, 0) is 42.5 Å². The Morgan fingerprint density at radius 1 is 0.906 bits per heavy atom. The lowest BCUT2D eigenvalue weighted by Gasteiger charge is -2.11. The topological polar surface area (TPSA) is 92.8 Å². The summed E-state index contributed by atoms with van der Waals surface area (Å²) < 4.78 is 5.10. The Kier molecular flexibility index (Phi) is 6.04. The Balaban J connectivity index is 1.39. The molecule has 0 bridgehead atoms. The monoisotopic (exact) mass is 446 g/mol. The number of rotatable bonds is 6. The van der Waals surface area contributed by atoms with Gasteiger partial charge in [0, 0.05) is 16.8 Å². The molecular formula is C24H18N2O5S. The molecule has 0 aliphatic carbocycles. The van der Waals surface area contributed by atoms with Crippen molar-refractivity contribution in [3.05, 3.63) is 89.5 Å². The first kappa shape index (κ1) is 21.3. The van der Waals surface area contributed by atoms with Gasteiger partial charge in [-0.3, -0.25) is 19.3 Å². The van der Waals surface area contributed by atoms with Gasteiger partial charge in [0.15, 0.2) is 6.61 Å². The highest BCUT2D eigenvalue weighted by Crippen LogP contribution is 2.33. The van der Waals surface area contributed by atoms with Crippen molar-refractivity contribution in [2.75, 3.05) is 19.0 Å². The molecule has 0 fully saturated rings. The molecule has 7 nitrogen and oxygen atoms in total. The van der Waals surface area contributed by atoms with Crippen molar-refractivity contribution < 1.29 is 23.9 Å². The Bertz CT molecular complexity index is 1230. The van der Waals surface area contributed by atoms with E-state index in [9.17, 15) is 19.2 Å². The molecule has 0 unspecified atom stereocenters. The zero-order valence-corrected chi connectivity index (χ0v) is 17.8. The zero-order chi connectivity index (χ0) is 22.7. The van der Waals surface area contributed by atoms with Crippen LogP contribution in [0.1, 0.15) is 31.1 Å². The number of nitrogens with zero attached hydrogens (tertiary/aromatic N) is 1. The van der Waals surface area contributed by atoms with Crippen molar-refractivity contribution in [2.45, 2.75) is 9.79 Å². The summed E-state index contributed by atoms with van der Waals surface area (Å²) >= 11 is 1.50. The number of imide groups is 1. The molecule has 0 radical (unpaired) electrons. The molecule has 4 rings (SSSR count). The lowest BCUT2D eigenvalue weighted by molar-refractivity contribution is -0.119. The molecule has 8 heteroatoms. The predicted octanol–water partition coefficient (Wildman–Crippen LogP) is 3.86. The molecule has 0 saturated carbocycles. The van der Waals surface area contributed by atoms with E-state index in [1.807, 2.05) is 42.5 Å². The maximum Gasteiger partial charge on any atom is 0.338 e. The number of carbonyl (C=O) groups excluding carboxylic acids is 4. The van der Waals surface area contributed by atoms with Crippen LogP contribution in [-0.4, -0.2) is 42.2 Å². The summed E-state index contributed by atoms with van der Waals surface area (Å²) in [5.74, 6) is -2.16. The zero-order valence-electron chi connectivity index (χ0n) is 17.0. The Hall–Kier alpha value is -3.91. The first-order valence-corrected chi connectivity index (χ1v) is 10.5. The number of benzene rings is 3. The third kappa shape index (κ3) is 4.40. The van der Waals surface area contributed by atoms with Gasteiger partial charge < -0.3 is 10.1 Å². The van der Waals surface area contributed by atoms with E-state index >= 15 is 0 Å². The van der Waals surface area contributed by atoms with E-state index in [1.54, 1.807) is 12.1 Å². The summed E-state index contributed by atoms with van der Waals surface area (Å²) in [6.45, 7) is -0.493. The Morgan fingerprint density at radius 3 is 2.38 bits per heavy atom. The minimum absolute atomic E-state index is 0.0908. The number of hydrogen-bond donors (Lipinski definition) is 1. The van der Waals surface area contributed by atoms with Gasteiger partial charge in [-0.1, -0.05) is 42.1 Å². The third-order valence-electron chi connectivity index (χ3n) is 4.79. The number of ether oxygens (including phenoxy) is 1. The van der Waals surface area contributed by atoms with E-state index in [0.29, 0.717) is 5.69 Å². The molecule has 0 aromatic heterocycles. The summed E-state index contributed by atoms with van der Waals surface area (Å²) in [5.41, 5.74) is 1.07. The van der Waals surface area contributed by atoms with Gasteiger partial charge in [-0.2, -0.15) is 0 Å². The van der Waals surface area contributed by atoms with Crippen LogP contribution in [0.4, 0.5) is 5.69 Å². The smallest absolute Gasteiger partial charge is 0.338 e. The van der Waals surface area contributed by atoms with Crippen LogP contribution in [0.2, 0.25) is 0 Å².